The van der Waals surface area contributed by atoms with Crippen LogP contribution in [0.3, 0.4) is 0 Å². The Bertz CT molecular complexity index is 976. The number of aliphatic hydroxyl groups is 1. The summed E-state index contributed by atoms with van der Waals surface area (Å²) >= 11 is 0. The third-order valence-electron chi connectivity index (χ3n) is 5.20. The molecule has 2 aromatic carbocycles. The van der Waals surface area contributed by atoms with Crippen LogP contribution in [0.1, 0.15) is 16.8 Å². The molecule has 0 unspecified atom stereocenters. The molecule has 10 heteroatoms. The number of nitrogens with zero attached hydrogens (tertiary/aromatic N) is 4. The van der Waals surface area contributed by atoms with E-state index in [9.17, 15) is 9.90 Å². The van der Waals surface area contributed by atoms with Gasteiger partial charge < -0.3 is 15.5 Å². The fourth-order valence-electron chi connectivity index (χ4n) is 3.58. The number of benzene rings is 2. The smallest absolute Gasteiger partial charge is 0.290 e. The van der Waals surface area contributed by atoms with E-state index in [1.54, 1.807) is 0 Å². The van der Waals surface area contributed by atoms with E-state index in [0.717, 1.165) is 29.7 Å². The van der Waals surface area contributed by atoms with Gasteiger partial charge in [-0.15, -0.1) is 10.2 Å². The van der Waals surface area contributed by atoms with Gasteiger partial charge >= 0.3 is 0 Å². The summed E-state index contributed by atoms with van der Waals surface area (Å²) in [6, 6.07) is 15.6. The summed E-state index contributed by atoms with van der Waals surface area (Å²) in [6.07, 6.45) is 0.767. The van der Waals surface area contributed by atoms with Gasteiger partial charge in [0.15, 0.2) is 0 Å². The van der Waals surface area contributed by atoms with E-state index in [0.29, 0.717) is 11.4 Å². The van der Waals surface area contributed by atoms with E-state index in [4.69, 9.17) is 9.90 Å². The maximum Gasteiger partial charge on any atom is 0.290 e. The number of aromatic amines is 1. The molecule has 31 heavy (non-hydrogen) atoms. The Morgan fingerprint density at radius 1 is 1.16 bits per heavy atom. The molecule has 1 aromatic heterocycles. The van der Waals surface area contributed by atoms with Crippen LogP contribution in [-0.2, 0) is 4.79 Å². The first-order chi connectivity index (χ1) is 15.0. The number of amides is 1. The zero-order valence-electron chi connectivity index (χ0n) is 17.0. The van der Waals surface area contributed by atoms with Crippen molar-refractivity contribution < 1.29 is 19.8 Å². The van der Waals surface area contributed by atoms with Gasteiger partial charge in [-0.1, -0.05) is 36.4 Å². The van der Waals surface area contributed by atoms with Crippen molar-refractivity contribution >= 4 is 12.4 Å². The highest BCUT2D eigenvalue weighted by molar-refractivity contribution is 5.95. The Hall–Kier alpha value is -3.63. The number of likely N-dealkylation sites (N-methyl/N-ethyl adjacent to an activating group) is 1. The second-order valence-corrected chi connectivity index (χ2v) is 7.18. The van der Waals surface area contributed by atoms with Gasteiger partial charge in [-0.25, -0.2) is 0 Å². The lowest BCUT2D eigenvalue weighted by atomic mass is 10.0. The van der Waals surface area contributed by atoms with Crippen molar-refractivity contribution in [2.75, 3.05) is 20.2 Å². The molecule has 1 fully saturated rings. The summed E-state index contributed by atoms with van der Waals surface area (Å²) in [5.74, 6) is 0.468. The van der Waals surface area contributed by atoms with Gasteiger partial charge in [0.25, 0.3) is 12.4 Å². The molecule has 4 N–H and O–H groups in total. The number of tetrazole rings is 1. The van der Waals surface area contributed by atoms with E-state index in [1.165, 1.54) is 0 Å². The van der Waals surface area contributed by atoms with Gasteiger partial charge in [0.05, 0.1) is 6.61 Å². The van der Waals surface area contributed by atoms with Crippen LogP contribution >= 0.6 is 0 Å². The molecule has 1 aliphatic heterocycles. The summed E-state index contributed by atoms with van der Waals surface area (Å²) < 4.78 is 0. The average Bonchev–Trinajstić information content (AvgIpc) is 3.44. The number of carbonyl (C=O) groups is 2. The number of aromatic nitrogens is 4. The molecule has 1 aliphatic rings. The summed E-state index contributed by atoms with van der Waals surface area (Å²) in [6.45, 7) is 0.616. The number of hydrogen-bond acceptors (Lipinski definition) is 7. The van der Waals surface area contributed by atoms with E-state index < -0.39 is 0 Å². The second kappa shape index (κ2) is 10.4. The normalized spacial score (nSPS) is 18.1. The standard InChI is InChI=1S/C20H22N6O2.CH2O2/c1-26-11-17(10-18(26)12-27)21-20(28)16-8-4-14(5-9-16)13-2-6-15(7-3-13)19-22-24-25-23-19;2-1-3/h2-9,17-18,27H,10-12H2,1H3,(H,21,28)(H,22,23,24,25);1H,(H,2,3)/t17-,18+;/m1./s1. The zero-order valence-corrected chi connectivity index (χ0v) is 17.0. The number of hydrogen-bond donors (Lipinski definition) is 4. The molecule has 0 aliphatic carbocycles. The van der Waals surface area contributed by atoms with Crippen molar-refractivity contribution in [1.29, 1.82) is 0 Å². The lowest BCUT2D eigenvalue weighted by Gasteiger charge is -2.15. The predicted octanol–water partition coefficient (Wildman–Crippen LogP) is 1.03. The van der Waals surface area contributed by atoms with Crippen LogP contribution in [0.4, 0.5) is 0 Å². The fraction of sp³-hybridized carbons (Fsp3) is 0.286. The Morgan fingerprint density at radius 2 is 1.74 bits per heavy atom. The Balaban J connectivity index is 0.000000858. The van der Waals surface area contributed by atoms with Crippen molar-refractivity contribution in [2.24, 2.45) is 0 Å². The highest BCUT2D eigenvalue weighted by atomic mass is 16.3. The van der Waals surface area contributed by atoms with Gasteiger partial charge in [-0.2, -0.15) is 5.21 Å². The van der Waals surface area contributed by atoms with Crippen LogP contribution in [0.15, 0.2) is 48.5 Å². The highest BCUT2D eigenvalue weighted by Gasteiger charge is 2.29. The van der Waals surface area contributed by atoms with Gasteiger partial charge in [0, 0.05) is 29.8 Å². The van der Waals surface area contributed by atoms with E-state index in [1.807, 2.05) is 55.6 Å². The van der Waals surface area contributed by atoms with Crippen molar-refractivity contribution in [2.45, 2.75) is 18.5 Å². The van der Waals surface area contributed by atoms with Crippen molar-refractivity contribution in [3.05, 3.63) is 54.1 Å². The molecule has 1 amide bonds. The average molecular weight is 424 g/mol. The highest BCUT2D eigenvalue weighted by Crippen LogP contribution is 2.23. The number of nitrogens with one attached hydrogen (secondary N) is 2. The maximum atomic E-state index is 12.5. The third kappa shape index (κ3) is 5.50. The van der Waals surface area contributed by atoms with Crippen LogP contribution < -0.4 is 5.32 Å². The van der Waals surface area contributed by atoms with Gasteiger partial charge in [-0.3, -0.25) is 14.5 Å². The number of carboxylic acid groups (broad SMARTS) is 1. The van der Waals surface area contributed by atoms with E-state index in [-0.39, 0.29) is 31.1 Å². The molecule has 2 atom stereocenters. The van der Waals surface area contributed by atoms with Crippen LogP contribution in [0, 0.1) is 0 Å². The molecule has 4 rings (SSSR count). The van der Waals surface area contributed by atoms with Crippen molar-refractivity contribution in [3.63, 3.8) is 0 Å². The maximum absolute atomic E-state index is 12.5. The minimum Gasteiger partial charge on any atom is -0.483 e. The van der Waals surface area contributed by atoms with Gasteiger partial charge in [0.1, 0.15) is 0 Å². The third-order valence-corrected chi connectivity index (χ3v) is 5.20. The topological polar surface area (TPSA) is 144 Å². The second-order valence-electron chi connectivity index (χ2n) is 7.18. The van der Waals surface area contributed by atoms with Crippen molar-refractivity contribution in [3.8, 4) is 22.5 Å². The minimum atomic E-state index is -0.250. The molecule has 0 bridgehead atoms. The first-order valence-corrected chi connectivity index (χ1v) is 9.69. The number of likely N-dealkylation sites (tertiary alicyclic amines) is 1. The predicted molar refractivity (Wildman–Crippen MR) is 113 cm³/mol. The number of H-pyrrole nitrogens is 1. The first kappa shape index (κ1) is 22.1. The molecule has 10 nitrogen and oxygen atoms in total. The molecular formula is C21H24N6O4. The fourth-order valence-corrected chi connectivity index (χ4v) is 3.58. The van der Waals surface area contributed by atoms with Crippen LogP contribution in [0.2, 0.25) is 0 Å². The SMILES string of the molecule is CN1C[C@H](NC(=O)c2ccc(-c3ccc(-c4nn[nH]n4)cc3)cc2)C[C@H]1CO.O=CO. The molecule has 162 valence electrons. The summed E-state index contributed by atoms with van der Waals surface area (Å²) in [5, 5.41) is 33.2. The molecule has 0 radical (unpaired) electrons. The molecule has 2 heterocycles. The van der Waals surface area contributed by atoms with Gasteiger partial charge in [-0.05, 0) is 41.9 Å². The lowest BCUT2D eigenvalue weighted by Crippen LogP contribution is -2.36. The van der Waals surface area contributed by atoms with E-state index in [2.05, 4.69) is 30.8 Å². The first-order valence-electron chi connectivity index (χ1n) is 9.69. The van der Waals surface area contributed by atoms with Crippen molar-refractivity contribution in [1.82, 2.24) is 30.8 Å². The Morgan fingerprint density at radius 3 is 2.26 bits per heavy atom. The number of aliphatic hydroxyl groups excluding tert-OH is 1. The van der Waals surface area contributed by atoms with Crippen LogP contribution in [0.25, 0.3) is 22.5 Å². The van der Waals surface area contributed by atoms with E-state index >= 15 is 0 Å². The largest absolute Gasteiger partial charge is 0.483 e. The summed E-state index contributed by atoms with van der Waals surface area (Å²) in [4.78, 5) is 22.9. The summed E-state index contributed by atoms with van der Waals surface area (Å²) in [5.41, 5.74) is 3.58. The molecular weight excluding hydrogens is 400 g/mol. The van der Waals surface area contributed by atoms with Gasteiger partial charge in [0.2, 0.25) is 5.82 Å². The quantitative estimate of drug-likeness (QED) is 0.445. The lowest BCUT2D eigenvalue weighted by molar-refractivity contribution is -0.122. The Kier molecular flexibility index (Phi) is 7.41. The minimum absolute atomic E-state index is 0.0620. The molecule has 0 saturated carbocycles. The molecule has 1 saturated heterocycles. The summed E-state index contributed by atoms with van der Waals surface area (Å²) in [7, 11) is 1.96. The monoisotopic (exact) mass is 424 g/mol. The van der Waals surface area contributed by atoms with Crippen LogP contribution in [-0.4, -0.2) is 80.4 Å². The number of rotatable bonds is 5. The molecule has 3 aromatic rings. The Labute approximate surface area is 178 Å². The number of carbonyl (C=O) groups excluding carboxylic acids is 1. The molecule has 0 spiro atoms. The van der Waals surface area contributed by atoms with Crippen LogP contribution in [0.5, 0.6) is 0 Å². The zero-order chi connectivity index (χ0) is 22.2.